The molecule has 0 saturated carbocycles. The first-order valence-corrected chi connectivity index (χ1v) is 9.61. The molecule has 1 atom stereocenters. The van der Waals surface area contributed by atoms with E-state index < -0.39 is 5.91 Å². The van der Waals surface area contributed by atoms with Crippen molar-refractivity contribution in [2.24, 2.45) is 11.7 Å². The minimum absolute atomic E-state index is 0.142. The molecule has 0 bridgehead atoms. The van der Waals surface area contributed by atoms with Crippen LogP contribution >= 0.6 is 0 Å². The van der Waals surface area contributed by atoms with Gasteiger partial charge in [-0.05, 0) is 52.6 Å². The summed E-state index contributed by atoms with van der Waals surface area (Å²) in [6, 6.07) is 7.46. The van der Waals surface area contributed by atoms with Crippen LogP contribution in [-0.4, -0.2) is 42.8 Å². The van der Waals surface area contributed by atoms with Crippen LogP contribution in [0.2, 0.25) is 0 Å². The number of aliphatic hydroxyl groups excluding tert-OH is 1. The summed E-state index contributed by atoms with van der Waals surface area (Å²) >= 11 is 0. The van der Waals surface area contributed by atoms with Crippen LogP contribution in [0.1, 0.15) is 54.0 Å². The summed E-state index contributed by atoms with van der Waals surface area (Å²) in [4.78, 5) is 16.8. The van der Waals surface area contributed by atoms with Crippen LogP contribution in [-0.2, 0) is 6.42 Å². The van der Waals surface area contributed by atoms with Gasteiger partial charge in [0.15, 0.2) is 5.82 Å². The molecule has 0 aliphatic carbocycles. The van der Waals surface area contributed by atoms with Gasteiger partial charge in [-0.3, -0.25) is 9.78 Å². The van der Waals surface area contributed by atoms with E-state index in [0.29, 0.717) is 40.7 Å². The summed E-state index contributed by atoms with van der Waals surface area (Å²) in [5.41, 5.74) is 9.76. The number of hydrogen-bond donors (Lipinski definition) is 2. The fourth-order valence-electron chi connectivity index (χ4n) is 3.30. The van der Waals surface area contributed by atoms with Crippen LogP contribution in [0.15, 0.2) is 30.5 Å². The number of benzene rings is 1. The zero-order valence-electron chi connectivity index (χ0n) is 17.1. The molecule has 1 aromatic carbocycles. The number of rotatable bonds is 7. The van der Waals surface area contributed by atoms with Crippen molar-refractivity contribution in [2.45, 2.75) is 40.0 Å². The van der Waals surface area contributed by atoms with Gasteiger partial charge >= 0.3 is 0 Å². The standard InChI is InChI=1S/C21H26N6O2/c1-12(2)7-19-24-25-26-27(19)18-9-15(17-6-5-13(3)10-23-17)8-16(21(22)29)20(18)14(4)11-28/h5-6,8-10,12,14,28H,7,11H2,1-4H3,(H2,22,29)/t14-/m1/s1. The van der Waals surface area contributed by atoms with Crippen LogP contribution in [0.25, 0.3) is 16.9 Å². The van der Waals surface area contributed by atoms with E-state index in [1.165, 1.54) is 0 Å². The van der Waals surface area contributed by atoms with E-state index >= 15 is 0 Å². The summed E-state index contributed by atoms with van der Waals surface area (Å²) in [5, 5.41) is 22.0. The number of carbonyl (C=O) groups excluding carboxylic acids is 1. The number of aliphatic hydroxyl groups is 1. The van der Waals surface area contributed by atoms with Crippen molar-refractivity contribution >= 4 is 5.91 Å². The lowest BCUT2D eigenvalue weighted by molar-refractivity contribution is 0.0998. The molecular weight excluding hydrogens is 368 g/mol. The van der Waals surface area contributed by atoms with Crippen molar-refractivity contribution < 1.29 is 9.90 Å². The minimum Gasteiger partial charge on any atom is -0.396 e. The molecule has 8 heteroatoms. The van der Waals surface area contributed by atoms with Gasteiger partial charge in [-0.25, -0.2) is 0 Å². The lowest BCUT2D eigenvalue weighted by Crippen LogP contribution is -2.20. The predicted octanol–water partition coefficient (Wildman–Crippen LogP) is 2.43. The summed E-state index contributed by atoms with van der Waals surface area (Å²) in [5.74, 6) is 0.115. The Labute approximate surface area is 169 Å². The molecule has 0 unspecified atom stereocenters. The van der Waals surface area contributed by atoms with E-state index in [2.05, 4.69) is 34.4 Å². The normalized spacial score (nSPS) is 12.3. The SMILES string of the molecule is Cc1ccc(-c2cc(C(N)=O)c([C@H](C)CO)c(-n3nnnc3CC(C)C)c2)nc1. The third kappa shape index (κ3) is 4.32. The van der Waals surface area contributed by atoms with Crippen LogP contribution in [0, 0.1) is 12.8 Å². The average Bonchev–Trinajstić information content (AvgIpc) is 3.14. The van der Waals surface area contributed by atoms with E-state index in [0.717, 1.165) is 11.1 Å². The molecular formula is C21H26N6O2. The third-order valence-electron chi connectivity index (χ3n) is 4.75. The molecule has 0 fully saturated rings. The van der Waals surface area contributed by atoms with E-state index in [-0.39, 0.29) is 12.5 Å². The van der Waals surface area contributed by atoms with Gasteiger partial charge in [-0.2, -0.15) is 4.68 Å². The van der Waals surface area contributed by atoms with Gasteiger partial charge in [0.05, 0.1) is 11.4 Å². The average molecular weight is 394 g/mol. The largest absolute Gasteiger partial charge is 0.396 e. The molecule has 3 rings (SSSR count). The molecule has 1 amide bonds. The number of aryl methyl sites for hydroxylation is 1. The summed E-state index contributed by atoms with van der Waals surface area (Å²) in [7, 11) is 0. The number of nitrogens with zero attached hydrogens (tertiary/aromatic N) is 5. The van der Waals surface area contributed by atoms with Crippen LogP contribution < -0.4 is 5.73 Å². The van der Waals surface area contributed by atoms with Gasteiger partial charge in [-0.1, -0.05) is 26.8 Å². The molecule has 3 N–H and O–H groups in total. The maximum atomic E-state index is 12.3. The molecule has 3 aromatic rings. The topological polar surface area (TPSA) is 120 Å². The van der Waals surface area contributed by atoms with E-state index in [4.69, 9.17) is 5.73 Å². The van der Waals surface area contributed by atoms with Crippen LogP contribution in [0.3, 0.4) is 0 Å². The zero-order valence-corrected chi connectivity index (χ0v) is 17.1. The summed E-state index contributed by atoms with van der Waals surface area (Å²) < 4.78 is 1.63. The molecule has 152 valence electrons. The monoisotopic (exact) mass is 394 g/mol. The highest BCUT2D eigenvalue weighted by atomic mass is 16.3. The molecule has 0 aliphatic rings. The maximum Gasteiger partial charge on any atom is 0.249 e. The minimum atomic E-state index is -0.575. The molecule has 8 nitrogen and oxygen atoms in total. The molecule has 0 spiro atoms. The quantitative estimate of drug-likeness (QED) is 0.635. The van der Waals surface area contributed by atoms with Crippen molar-refractivity contribution in [1.82, 2.24) is 25.2 Å². The van der Waals surface area contributed by atoms with Crippen molar-refractivity contribution in [3.63, 3.8) is 0 Å². The Morgan fingerprint density at radius 2 is 2.00 bits per heavy atom. The van der Waals surface area contributed by atoms with Gasteiger partial charge in [0.2, 0.25) is 5.91 Å². The number of nitrogens with two attached hydrogens (primary N) is 1. The number of aromatic nitrogens is 5. The molecule has 0 radical (unpaired) electrons. The Balaban J connectivity index is 2.30. The molecule has 29 heavy (non-hydrogen) atoms. The van der Waals surface area contributed by atoms with E-state index in [1.54, 1.807) is 16.9 Å². The molecule has 2 aromatic heterocycles. The second-order valence-corrected chi connectivity index (χ2v) is 7.73. The second kappa shape index (κ2) is 8.48. The highest BCUT2D eigenvalue weighted by Gasteiger charge is 2.24. The number of carbonyl (C=O) groups is 1. The van der Waals surface area contributed by atoms with Gasteiger partial charge < -0.3 is 10.8 Å². The van der Waals surface area contributed by atoms with Crippen molar-refractivity contribution in [1.29, 1.82) is 0 Å². The molecule has 0 aliphatic heterocycles. The fourth-order valence-corrected chi connectivity index (χ4v) is 3.30. The van der Waals surface area contributed by atoms with Gasteiger partial charge in [-0.15, -0.1) is 5.10 Å². The first-order valence-electron chi connectivity index (χ1n) is 9.61. The zero-order chi connectivity index (χ0) is 21.1. The number of primary amides is 1. The van der Waals surface area contributed by atoms with E-state index in [1.807, 2.05) is 32.0 Å². The van der Waals surface area contributed by atoms with Gasteiger partial charge in [0, 0.05) is 36.3 Å². The van der Waals surface area contributed by atoms with Crippen LogP contribution in [0.5, 0.6) is 0 Å². The number of amides is 1. The molecule has 0 saturated heterocycles. The highest BCUT2D eigenvalue weighted by molar-refractivity contribution is 5.97. The lowest BCUT2D eigenvalue weighted by Gasteiger charge is -2.20. The highest BCUT2D eigenvalue weighted by Crippen LogP contribution is 2.32. The first kappa shape index (κ1) is 20.6. The smallest absolute Gasteiger partial charge is 0.249 e. The first-order chi connectivity index (χ1) is 13.8. The summed E-state index contributed by atoms with van der Waals surface area (Å²) in [6.45, 7) is 7.82. The maximum absolute atomic E-state index is 12.3. The Bertz CT molecular complexity index is 1010. The lowest BCUT2D eigenvalue weighted by atomic mass is 9.91. The Morgan fingerprint density at radius 3 is 2.59 bits per heavy atom. The van der Waals surface area contributed by atoms with Crippen molar-refractivity contribution in [3.05, 3.63) is 53.0 Å². The van der Waals surface area contributed by atoms with E-state index in [9.17, 15) is 9.90 Å². The van der Waals surface area contributed by atoms with Crippen molar-refractivity contribution in [2.75, 3.05) is 6.61 Å². The second-order valence-electron chi connectivity index (χ2n) is 7.73. The third-order valence-corrected chi connectivity index (χ3v) is 4.75. The fraction of sp³-hybridized carbons (Fsp3) is 0.381. The number of tetrazole rings is 1. The molecule has 2 heterocycles. The predicted molar refractivity (Wildman–Crippen MR) is 110 cm³/mol. The van der Waals surface area contributed by atoms with Gasteiger partial charge in [0.1, 0.15) is 0 Å². The summed E-state index contributed by atoms with van der Waals surface area (Å²) in [6.07, 6.45) is 2.43. The Kier molecular flexibility index (Phi) is 6.03. The van der Waals surface area contributed by atoms with Crippen LogP contribution in [0.4, 0.5) is 0 Å². The Morgan fingerprint density at radius 1 is 1.24 bits per heavy atom. The Hall–Kier alpha value is -3.13. The number of hydrogen-bond acceptors (Lipinski definition) is 6. The van der Waals surface area contributed by atoms with Crippen molar-refractivity contribution in [3.8, 4) is 16.9 Å². The van der Waals surface area contributed by atoms with Gasteiger partial charge in [0.25, 0.3) is 0 Å². The number of pyridine rings is 1.